The Morgan fingerprint density at radius 3 is 1.82 bits per heavy atom. The number of hydrogen-bond donors (Lipinski definition) is 1. The van der Waals surface area contributed by atoms with Gasteiger partial charge in [0.1, 0.15) is 27.0 Å². The number of fused-ring (bicyclic) bond motifs is 1. The molecule has 14 nitrogen and oxygen atoms in total. The highest BCUT2D eigenvalue weighted by atomic mass is 79.9. The van der Waals surface area contributed by atoms with E-state index in [9.17, 15) is 8.42 Å². The summed E-state index contributed by atoms with van der Waals surface area (Å²) in [5.41, 5.74) is 3.29. The number of halogens is 1. The summed E-state index contributed by atoms with van der Waals surface area (Å²) >= 11 is 4.86. The van der Waals surface area contributed by atoms with Crippen LogP contribution in [-0.4, -0.2) is 67.7 Å². The van der Waals surface area contributed by atoms with Gasteiger partial charge in [0.05, 0.1) is 43.7 Å². The number of hydrogen-bond acceptors (Lipinski definition) is 12. The van der Waals surface area contributed by atoms with Crippen molar-refractivity contribution in [3.63, 3.8) is 0 Å². The molecule has 0 bridgehead atoms. The lowest BCUT2D eigenvalue weighted by Gasteiger charge is -2.26. The first-order valence-electron chi connectivity index (χ1n) is 16.8. The quantitative estimate of drug-likeness (QED) is 0.126. The predicted octanol–water partition coefficient (Wildman–Crippen LogP) is 6.49. The second-order valence-corrected chi connectivity index (χ2v) is 18.2. The van der Waals surface area contributed by atoms with Crippen molar-refractivity contribution in [2.24, 2.45) is 5.14 Å². The first-order chi connectivity index (χ1) is 26.9. The van der Waals surface area contributed by atoms with E-state index >= 15 is 8.42 Å². The van der Waals surface area contributed by atoms with E-state index in [1.54, 1.807) is 79.9 Å². The van der Waals surface area contributed by atoms with Crippen molar-refractivity contribution in [3.8, 4) is 39.8 Å². The fourth-order valence-corrected chi connectivity index (χ4v) is 10.5. The standard InChI is InChI=1S/C38H34BrN7O7S3/c1-51-27-13-7-24(8-14-27)21-45(22-25-9-15-28(52-2)16-10-25)56(49,50)36-33(55(40,47)48)20-19-30(31-5-4-6-32-35(31)41-38(39)54-32)34(36)37-42-44-46(43-37)23-26-11-17-29(53-3)18-12-26/h4-20H,21-23H2,1-3H3,(H2,40,47,48). The Balaban J connectivity index is 1.48. The molecule has 2 N–H and O–H groups in total. The second-order valence-electron chi connectivity index (χ2n) is 12.4. The normalized spacial score (nSPS) is 12.0. The molecule has 0 saturated heterocycles. The molecule has 0 spiro atoms. The zero-order chi connectivity index (χ0) is 39.6. The van der Waals surface area contributed by atoms with E-state index < -0.39 is 29.8 Å². The molecule has 7 aromatic rings. The Bertz CT molecular complexity index is 2690. The highest BCUT2D eigenvalue weighted by molar-refractivity contribution is 9.11. The van der Waals surface area contributed by atoms with Crippen LogP contribution in [0.3, 0.4) is 0 Å². The number of primary sulfonamides is 1. The van der Waals surface area contributed by atoms with Gasteiger partial charge in [-0.05, 0) is 91.9 Å². The van der Waals surface area contributed by atoms with E-state index in [1.165, 1.54) is 46.8 Å². The number of tetrazole rings is 1. The molecule has 0 aliphatic heterocycles. The first kappa shape index (κ1) is 39.0. The molecule has 0 amide bonds. The number of thiazole rings is 1. The number of para-hydroxylation sites is 1. The van der Waals surface area contributed by atoms with Crippen LogP contribution in [-0.2, 0) is 39.7 Å². The maximum absolute atomic E-state index is 15.5. The fourth-order valence-electron chi connectivity index (χ4n) is 6.16. The monoisotopic (exact) mass is 875 g/mol. The summed E-state index contributed by atoms with van der Waals surface area (Å²) in [5.74, 6) is 1.68. The minimum absolute atomic E-state index is 0.108. The molecule has 18 heteroatoms. The number of nitrogens with two attached hydrogens (primary N) is 1. The molecule has 7 rings (SSSR count). The largest absolute Gasteiger partial charge is 0.497 e. The lowest BCUT2D eigenvalue weighted by molar-refractivity contribution is 0.396. The summed E-state index contributed by atoms with van der Waals surface area (Å²) in [6.07, 6.45) is 0. The Kier molecular flexibility index (Phi) is 11.2. The van der Waals surface area contributed by atoms with Crippen LogP contribution in [0.15, 0.2) is 117 Å². The number of aromatic nitrogens is 5. The maximum atomic E-state index is 15.5. The summed E-state index contributed by atoms with van der Waals surface area (Å²) in [6.45, 7) is -0.143. The summed E-state index contributed by atoms with van der Waals surface area (Å²) < 4.78 is 76.5. The minimum atomic E-state index is -4.80. The molecular weight excluding hydrogens is 843 g/mol. The third-order valence-electron chi connectivity index (χ3n) is 8.90. The Morgan fingerprint density at radius 2 is 1.29 bits per heavy atom. The highest BCUT2D eigenvalue weighted by Crippen LogP contribution is 2.43. The van der Waals surface area contributed by atoms with Gasteiger partial charge in [-0.2, -0.15) is 9.10 Å². The van der Waals surface area contributed by atoms with Crippen LogP contribution in [0.1, 0.15) is 16.7 Å². The number of nitrogens with zero attached hydrogens (tertiary/aromatic N) is 6. The van der Waals surface area contributed by atoms with Crippen molar-refractivity contribution in [2.75, 3.05) is 21.3 Å². The van der Waals surface area contributed by atoms with Gasteiger partial charge in [0.15, 0.2) is 3.92 Å². The number of rotatable bonds is 14. The zero-order valence-corrected chi connectivity index (χ0v) is 34.2. The van der Waals surface area contributed by atoms with Gasteiger partial charge in [0.2, 0.25) is 25.9 Å². The zero-order valence-electron chi connectivity index (χ0n) is 30.2. The summed E-state index contributed by atoms with van der Waals surface area (Å²) in [7, 11) is -4.85. The van der Waals surface area contributed by atoms with Crippen LogP contribution in [0, 0.1) is 0 Å². The van der Waals surface area contributed by atoms with Crippen LogP contribution in [0.5, 0.6) is 17.2 Å². The first-order valence-corrected chi connectivity index (χ1v) is 21.4. The molecule has 0 saturated carbocycles. The van der Waals surface area contributed by atoms with Gasteiger partial charge in [0.25, 0.3) is 0 Å². The third kappa shape index (κ3) is 8.16. The van der Waals surface area contributed by atoms with Crippen molar-refractivity contribution in [1.29, 1.82) is 0 Å². The summed E-state index contributed by atoms with van der Waals surface area (Å²) in [5, 5.41) is 19.1. The Labute approximate surface area is 335 Å². The Hall–Kier alpha value is -5.24. The number of benzene rings is 5. The van der Waals surface area contributed by atoms with Crippen molar-refractivity contribution >= 4 is 57.5 Å². The Morgan fingerprint density at radius 1 is 0.732 bits per heavy atom. The molecule has 288 valence electrons. The van der Waals surface area contributed by atoms with Crippen molar-refractivity contribution in [2.45, 2.75) is 29.4 Å². The van der Waals surface area contributed by atoms with E-state index in [4.69, 9.17) is 19.3 Å². The van der Waals surface area contributed by atoms with Crippen molar-refractivity contribution < 1.29 is 31.0 Å². The van der Waals surface area contributed by atoms with Crippen LogP contribution in [0.25, 0.3) is 32.7 Å². The molecule has 0 aliphatic carbocycles. The summed E-state index contributed by atoms with van der Waals surface area (Å²) in [4.78, 5) is 4.74. The summed E-state index contributed by atoms with van der Waals surface area (Å²) in [6, 6.07) is 29.2. The lowest BCUT2D eigenvalue weighted by Crippen LogP contribution is -2.32. The number of methoxy groups -OCH3 is 3. The number of sulfonamides is 2. The SMILES string of the molecule is COc1ccc(CN(Cc2ccc(OC)cc2)S(=O)(=O)c2c(S(N)(=O)=O)ccc(-c3cccc4sc(Br)nc34)c2-c2nnn(Cc3ccc(OC)cc3)n2)cc1. The van der Waals surface area contributed by atoms with E-state index in [0.29, 0.717) is 48.9 Å². The average Bonchev–Trinajstić information content (AvgIpc) is 3.83. The van der Waals surface area contributed by atoms with Crippen molar-refractivity contribution in [1.82, 2.24) is 29.5 Å². The van der Waals surface area contributed by atoms with E-state index in [0.717, 1.165) is 10.3 Å². The molecular formula is C38H34BrN7O7S3. The van der Waals surface area contributed by atoms with Crippen LogP contribution >= 0.6 is 27.3 Å². The van der Waals surface area contributed by atoms with Crippen molar-refractivity contribution in [3.05, 3.63) is 124 Å². The third-order valence-corrected chi connectivity index (χ3v) is 13.3. The molecule has 0 atom stereocenters. The molecule has 2 heterocycles. The van der Waals surface area contributed by atoms with E-state index in [1.807, 2.05) is 18.2 Å². The smallest absolute Gasteiger partial charge is 0.245 e. The second kappa shape index (κ2) is 16.1. The molecule has 5 aromatic carbocycles. The van der Waals surface area contributed by atoms with Gasteiger partial charge in [-0.3, -0.25) is 0 Å². The lowest BCUT2D eigenvalue weighted by atomic mass is 9.98. The van der Waals surface area contributed by atoms with Crippen LogP contribution in [0.4, 0.5) is 0 Å². The average molecular weight is 877 g/mol. The predicted molar refractivity (Wildman–Crippen MR) is 215 cm³/mol. The molecule has 2 aromatic heterocycles. The fraction of sp³-hybridized carbons (Fsp3) is 0.158. The van der Waals surface area contributed by atoms with Gasteiger partial charge < -0.3 is 14.2 Å². The maximum Gasteiger partial charge on any atom is 0.245 e. The molecule has 0 unspecified atom stereocenters. The van der Waals surface area contributed by atoms with Gasteiger partial charge in [-0.25, -0.2) is 27.0 Å². The highest BCUT2D eigenvalue weighted by Gasteiger charge is 2.37. The minimum Gasteiger partial charge on any atom is -0.497 e. The number of ether oxygens (including phenoxy) is 3. The van der Waals surface area contributed by atoms with Gasteiger partial charge in [-0.15, -0.1) is 21.5 Å². The van der Waals surface area contributed by atoms with E-state index in [-0.39, 0.29) is 31.0 Å². The topological polar surface area (TPSA) is 182 Å². The van der Waals surface area contributed by atoms with Gasteiger partial charge in [0, 0.05) is 18.7 Å². The van der Waals surface area contributed by atoms with Gasteiger partial charge >= 0.3 is 0 Å². The van der Waals surface area contributed by atoms with Gasteiger partial charge in [-0.1, -0.05) is 54.6 Å². The molecule has 0 fully saturated rings. The van der Waals surface area contributed by atoms with Crippen LogP contribution in [0.2, 0.25) is 0 Å². The molecule has 56 heavy (non-hydrogen) atoms. The molecule has 0 radical (unpaired) electrons. The van der Waals surface area contributed by atoms with E-state index in [2.05, 4.69) is 36.3 Å². The molecule has 0 aliphatic rings. The van der Waals surface area contributed by atoms with Crippen LogP contribution < -0.4 is 19.3 Å².